The lowest BCUT2D eigenvalue weighted by Crippen LogP contribution is -2.47. The summed E-state index contributed by atoms with van der Waals surface area (Å²) < 4.78 is 17.7. The van der Waals surface area contributed by atoms with Gasteiger partial charge in [0.15, 0.2) is 0 Å². The summed E-state index contributed by atoms with van der Waals surface area (Å²) in [4.78, 5) is 0. The highest BCUT2D eigenvalue weighted by molar-refractivity contribution is 6.60. The zero-order valence-electron chi connectivity index (χ0n) is 13.7. The van der Waals surface area contributed by atoms with Gasteiger partial charge in [0.25, 0.3) is 0 Å². The fourth-order valence-electron chi connectivity index (χ4n) is 2.04. The van der Waals surface area contributed by atoms with Crippen molar-refractivity contribution < 1.29 is 13.3 Å². The molecular weight excluding hydrogens is 258 g/mol. The van der Waals surface area contributed by atoms with Gasteiger partial charge in [-0.05, 0) is 39.2 Å². The predicted molar refractivity (Wildman–Crippen MR) is 82.4 cm³/mol. The number of hydrogen-bond donors (Lipinski definition) is 1. The normalized spacial score (nSPS) is 12.9. The van der Waals surface area contributed by atoms with Crippen molar-refractivity contribution in [1.82, 2.24) is 5.32 Å². The Hall–Kier alpha value is 0.0569. The zero-order chi connectivity index (χ0) is 14.8. The molecule has 0 aliphatic heterocycles. The van der Waals surface area contributed by atoms with Crippen LogP contribution < -0.4 is 5.32 Å². The second kappa shape index (κ2) is 9.88. The van der Waals surface area contributed by atoms with Gasteiger partial charge in [0.1, 0.15) is 0 Å². The molecule has 0 atom stereocenters. The van der Waals surface area contributed by atoms with Crippen LogP contribution >= 0.6 is 0 Å². The van der Waals surface area contributed by atoms with Crippen LogP contribution in [0.1, 0.15) is 48.0 Å². The molecule has 0 fully saturated rings. The van der Waals surface area contributed by atoms with E-state index in [1.165, 1.54) is 0 Å². The number of rotatable bonds is 12. The van der Waals surface area contributed by atoms with E-state index in [2.05, 4.69) is 26.1 Å². The third kappa shape index (κ3) is 8.04. The molecule has 0 aromatic rings. The van der Waals surface area contributed by atoms with Crippen LogP contribution in [0.2, 0.25) is 6.04 Å². The van der Waals surface area contributed by atoms with Crippen LogP contribution in [0.15, 0.2) is 0 Å². The molecule has 0 spiro atoms. The second-order valence-corrected chi connectivity index (χ2v) is 8.16. The summed E-state index contributed by atoms with van der Waals surface area (Å²) >= 11 is 0. The maximum absolute atomic E-state index is 5.88. The summed E-state index contributed by atoms with van der Waals surface area (Å²) in [6.07, 6.45) is 1.05. The van der Waals surface area contributed by atoms with E-state index in [0.717, 1.165) is 25.6 Å². The lowest BCUT2D eigenvalue weighted by atomic mass is 9.90. The molecule has 116 valence electrons. The van der Waals surface area contributed by atoms with E-state index in [9.17, 15) is 0 Å². The maximum Gasteiger partial charge on any atom is 0.500 e. The van der Waals surface area contributed by atoms with E-state index in [-0.39, 0.29) is 5.41 Å². The Morgan fingerprint density at radius 2 is 1.37 bits per heavy atom. The van der Waals surface area contributed by atoms with Crippen molar-refractivity contribution in [2.75, 3.05) is 32.9 Å². The van der Waals surface area contributed by atoms with E-state index < -0.39 is 8.80 Å². The van der Waals surface area contributed by atoms with Gasteiger partial charge in [-0.2, -0.15) is 0 Å². The highest BCUT2D eigenvalue weighted by Gasteiger charge is 2.41. The third-order valence-electron chi connectivity index (χ3n) is 3.05. The van der Waals surface area contributed by atoms with E-state index in [4.69, 9.17) is 13.3 Å². The van der Waals surface area contributed by atoms with Crippen molar-refractivity contribution in [2.24, 2.45) is 5.41 Å². The summed E-state index contributed by atoms with van der Waals surface area (Å²) in [5, 5.41) is 3.41. The summed E-state index contributed by atoms with van der Waals surface area (Å²) in [5.41, 5.74) is 0.236. The molecule has 19 heavy (non-hydrogen) atoms. The third-order valence-corrected chi connectivity index (χ3v) is 6.10. The van der Waals surface area contributed by atoms with Gasteiger partial charge in [-0.1, -0.05) is 20.8 Å². The summed E-state index contributed by atoms with van der Waals surface area (Å²) in [6, 6.07) is 0.890. The minimum Gasteiger partial charge on any atom is -0.374 e. The average Bonchev–Trinajstić information content (AvgIpc) is 2.35. The van der Waals surface area contributed by atoms with Crippen LogP contribution in [0, 0.1) is 5.41 Å². The molecule has 5 heteroatoms. The minimum atomic E-state index is -2.47. The molecule has 0 saturated heterocycles. The zero-order valence-corrected chi connectivity index (χ0v) is 14.7. The first-order valence-corrected chi connectivity index (χ1v) is 9.51. The van der Waals surface area contributed by atoms with Crippen LogP contribution in [0.3, 0.4) is 0 Å². The van der Waals surface area contributed by atoms with Crippen LogP contribution in [0.5, 0.6) is 0 Å². The standard InChI is InChI=1S/C14H33NO3Si/c1-7-15-13-14(5,6)11-12-19(16-8-2,17-9-3)18-10-4/h15H,7-13H2,1-6H3. The van der Waals surface area contributed by atoms with E-state index in [1.807, 2.05) is 20.8 Å². The van der Waals surface area contributed by atoms with Crippen LogP contribution in [0.4, 0.5) is 0 Å². The quantitative estimate of drug-likeness (QED) is 0.561. The molecule has 4 nitrogen and oxygen atoms in total. The molecule has 0 aliphatic carbocycles. The van der Waals surface area contributed by atoms with Gasteiger partial charge in [0.2, 0.25) is 0 Å². The van der Waals surface area contributed by atoms with Crippen molar-refractivity contribution >= 4 is 8.80 Å². The Bertz CT molecular complexity index is 208. The van der Waals surface area contributed by atoms with Gasteiger partial charge in [0, 0.05) is 32.4 Å². The summed E-state index contributed by atoms with van der Waals surface area (Å²) in [5.74, 6) is 0. The molecule has 0 radical (unpaired) electrons. The van der Waals surface area contributed by atoms with Gasteiger partial charge in [-0.25, -0.2) is 0 Å². The summed E-state index contributed by atoms with van der Waals surface area (Å²) in [7, 11) is -2.47. The Kier molecular flexibility index (Phi) is 9.91. The molecular formula is C14H33NO3Si. The highest BCUT2D eigenvalue weighted by atomic mass is 28.4. The topological polar surface area (TPSA) is 39.7 Å². The molecule has 0 heterocycles. The van der Waals surface area contributed by atoms with Gasteiger partial charge >= 0.3 is 8.80 Å². The lowest BCUT2D eigenvalue weighted by Gasteiger charge is -2.32. The monoisotopic (exact) mass is 291 g/mol. The van der Waals surface area contributed by atoms with Crippen molar-refractivity contribution in [2.45, 2.75) is 54.0 Å². The first-order valence-electron chi connectivity index (χ1n) is 7.57. The van der Waals surface area contributed by atoms with Crippen molar-refractivity contribution in [3.63, 3.8) is 0 Å². The Balaban J connectivity index is 4.52. The fourth-order valence-corrected chi connectivity index (χ4v) is 5.03. The van der Waals surface area contributed by atoms with Crippen LogP contribution in [0.25, 0.3) is 0 Å². The van der Waals surface area contributed by atoms with E-state index in [1.54, 1.807) is 0 Å². The lowest BCUT2D eigenvalue weighted by molar-refractivity contribution is 0.0677. The largest absolute Gasteiger partial charge is 0.500 e. The van der Waals surface area contributed by atoms with Gasteiger partial charge < -0.3 is 18.6 Å². The van der Waals surface area contributed by atoms with Gasteiger partial charge in [0.05, 0.1) is 0 Å². The van der Waals surface area contributed by atoms with Crippen LogP contribution in [-0.2, 0) is 13.3 Å². The molecule has 0 aromatic heterocycles. The SMILES string of the molecule is CCNCC(C)(C)CC[Si](OCC)(OCC)OCC. The molecule has 0 aliphatic rings. The van der Waals surface area contributed by atoms with E-state index >= 15 is 0 Å². The van der Waals surface area contributed by atoms with Crippen molar-refractivity contribution in [1.29, 1.82) is 0 Å². The molecule has 0 bridgehead atoms. The highest BCUT2D eigenvalue weighted by Crippen LogP contribution is 2.28. The van der Waals surface area contributed by atoms with Crippen molar-refractivity contribution in [3.05, 3.63) is 0 Å². The molecule has 0 amide bonds. The van der Waals surface area contributed by atoms with E-state index in [0.29, 0.717) is 19.8 Å². The maximum atomic E-state index is 5.88. The number of hydrogen-bond acceptors (Lipinski definition) is 4. The summed E-state index contributed by atoms with van der Waals surface area (Å²) in [6.45, 7) is 16.7. The first-order chi connectivity index (χ1) is 8.95. The van der Waals surface area contributed by atoms with Crippen LogP contribution in [-0.4, -0.2) is 41.7 Å². The fraction of sp³-hybridized carbons (Fsp3) is 1.00. The molecule has 0 aromatic carbocycles. The first kappa shape index (κ1) is 19.1. The average molecular weight is 292 g/mol. The Labute approximate surface area is 120 Å². The molecule has 0 rings (SSSR count). The predicted octanol–water partition coefficient (Wildman–Crippen LogP) is 3.06. The minimum absolute atomic E-state index is 0.236. The number of nitrogens with one attached hydrogen (secondary N) is 1. The molecule has 1 N–H and O–H groups in total. The molecule has 0 saturated carbocycles. The van der Waals surface area contributed by atoms with Gasteiger partial charge in [-0.3, -0.25) is 0 Å². The Morgan fingerprint density at radius 1 is 0.895 bits per heavy atom. The Morgan fingerprint density at radius 3 is 1.74 bits per heavy atom. The molecule has 0 unspecified atom stereocenters. The van der Waals surface area contributed by atoms with Crippen molar-refractivity contribution in [3.8, 4) is 0 Å². The van der Waals surface area contributed by atoms with Gasteiger partial charge in [-0.15, -0.1) is 0 Å². The second-order valence-electron chi connectivity index (χ2n) is 5.43. The smallest absolute Gasteiger partial charge is 0.374 e.